The van der Waals surface area contributed by atoms with Gasteiger partial charge in [-0.3, -0.25) is 0 Å². The number of fused-ring (bicyclic) bond motifs is 1. The van der Waals surface area contributed by atoms with Crippen LogP contribution in [-0.4, -0.2) is 12.1 Å². The molecule has 0 aliphatic heterocycles. The Labute approximate surface area is 88.8 Å². The topological polar surface area (TPSA) is 22.1 Å². The lowest BCUT2D eigenvalue weighted by Gasteiger charge is -2.05. The van der Waals surface area contributed by atoms with E-state index < -0.39 is 0 Å². The first kappa shape index (κ1) is 9.40. The van der Waals surface area contributed by atoms with Crippen molar-refractivity contribution in [3.05, 3.63) is 34.7 Å². The fourth-order valence-corrected chi connectivity index (χ4v) is 1.77. The smallest absolute Gasteiger partial charge is 0.221 e. The molecular weight excluding hydrogens is 249 g/mol. The molecule has 0 aliphatic carbocycles. The van der Waals surface area contributed by atoms with Crippen molar-refractivity contribution in [1.82, 2.24) is 4.98 Å². The van der Waals surface area contributed by atoms with E-state index in [9.17, 15) is 4.39 Å². The van der Waals surface area contributed by atoms with Gasteiger partial charge in [0, 0.05) is 21.4 Å². The molecule has 0 saturated carbocycles. The molecule has 2 aromatic rings. The Hall–Kier alpha value is -1.16. The summed E-state index contributed by atoms with van der Waals surface area (Å²) in [5.74, 6) is 0.137. The molecule has 0 amide bonds. The minimum atomic E-state index is -0.296. The maximum absolute atomic E-state index is 13.0. The van der Waals surface area contributed by atoms with E-state index in [-0.39, 0.29) is 5.82 Å². The number of pyridine rings is 1. The number of hydrogen-bond donors (Lipinski definition) is 0. The van der Waals surface area contributed by atoms with Gasteiger partial charge in [-0.05, 0) is 28.1 Å². The number of ether oxygens (including phenoxy) is 1. The SMILES string of the molecule is COc1ncc(Br)c2ccc(F)cc12. The molecule has 0 unspecified atom stereocenters. The molecule has 2 nitrogen and oxygen atoms in total. The number of hydrogen-bond acceptors (Lipinski definition) is 2. The van der Waals surface area contributed by atoms with Gasteiger partial charge in [0.2, 0.25) is 5.88 Å². The average molecular weight is 256 g/mol. The lowest BCUT2D eigenvalue weighted by atomic mass is 10.2. The Morgan fingerprint density at radius 1 is 1.36 bits per heavy atom. The monoisotopic (exact) mass is 255 g/mol. The first-order valence-corrected chi connectivity index (χ1v) is 4.79. The summed E-state index contributed by atoms with van der Waals surface area (Å²) in [6.07, 6.45) is 1.64. The number of rotatable bonds is 1. The fraction of sp³-hybridized carbons (Fsp3) is 0.100. The maximum Gasteiger partial charge on any atom is 0.221 e. The van der Waals surface area contributed by atoms with E-state index in [0.717, 1.165) is 9.86 Å². The Bertz CT molecular complexity index is 487. The Morgan fingerprint density at radius 2 is 2.14 bits per heavy atom. The van der Waals surface area contributed by atoms with Crippen molar-refractivity contribution in [2.75, 3.05) is 7.11 Å². The summed E-state index contributed by atoms with van der Waals surface area (Å²) in [5.41, 5.74) is 0. The van der Waals surface area contributed by atoms with Crippen LogP contribution in [0.1, 0.15) is 0 Å². The molecule has 2 rings (SSSR count). The minimum Gasteiger partial charge on any atom is -0.481 e. The standard InChI is InChI=1S/C10H7BrFNO/c1-14-10-8-4-6(12)2-3-7(8)9(11)5-13-10/h2-5H,1H3. The predicted molar refractivity (Wildman–Crippen MR) is 56.0 cm³/mol. The van der Waals surface area contributed by atoms with Gasteiger partial charge in [-0.15, -0.1) is 0 Å². The summed E-state index contributed by atoms with van der Waals surface area (Å²) in [6.45, 7) is 0. The van der Waals surface area contributed by atoms with Gasteiger partial charge in [-0.2, -0.15) is 0 Å². The molecule has 0 atom stereocenters. The van der Waals surface area contributed by atoms with Gasteiger partial charge in [-0.25, -0.2) is 9.37 Å². The molecule has 4 heteroatoms. The van der Waals surface area contributed by atoms with E-state index in [0.29, 0.717) is 11.3 Å². The zero-order valence-corrected chi connectivity index (χ0v) is 9.01. The van der Waals surface area contributed by atoms with Crippen molar-refractivity contribution in [2.24, 2.45) is 0 Å². The third kappa shape index (κ3) is 1.46. The van der Waals surface area contributed by atoms with Crippen LogP contribution in [0.5, 0.6) is 5.88 Å². The van der Waals surface area contributed by atoms with Crippen LogP contribution in [0.15, 0.2) is 28.9 Å². The molecule has 0 spiro atoms. The number of benzene rings is 1. The molecule has 1 heterocycles. The van der Waals surface area contributed by atoms with Crippen molar-refractivity contribution in [1.29, 1.82) is 0 Å². The predicted octanol–water partition coefficient (Wildman–Crippen LogP) is 3.15. The second kappa shape index (κ2) is 3.53. The number of nitrogens with zero attached hydrogens (tertiary/aromatic N) is 1. The largest absolute Gasteiger partial charge is 0.481 e. The van der Waals surface area contributed by atoms with Crippen LogP contribution in [0.3, 0.4) is 0 Å². The molecule has 0 bridgehead atoms. The normalized spacial score (nSPS) is 10.5. The van der Waals surface area contributed by atoms with Crippen LogP contribution in [0, 0.1) is 5.82 Å². The van der Waals surface area contributed by atoms with E-state index in [1.165, 1.54) is 19.2 Å². The summed E-state index contributed by atoms with van der Waals surface area (Å²) >= 11 is 3.34. The highest BCUT2D eigenvalue weighted by Gasteiger charge is 2.06. The van der Waals surface area contributed by atoms with E-state index in [4.69, 9.17) is 4.74 Å². The second-order valence-electron chi connectivity index (χ2n) is 2.81. The van der Waals surface area contributed by atoms with Gasteiger partial charge < -0.3 is 4.74 Å². The Morgan fingerprint density at radius 3 is 2.86 bits per heavy atom. The first-order chi connectivity index (χ1) is 6.72. The minimum absolute atomic E-state index is 0.296. The molecule has 1 aromatic carbocycles. The van der Waals surface area contributed by atoms with Gasteiger partial charge in [0.25, 0.3) is 0 Å². The van der Waals surface area contributed by atoms with Crippen LogP contribution in [0.4, 0.5) is 4.39 Å². The van der Waals surface area contributed by atoms with Crippen molar-refractivity contribution in [3.63, 3.8) is 0 Å². The van der Waals surface area contributed by atoms with Crippen LogP contribution < -0.4 is 4.74 Å². The zero-order chi connectivity index (χ0) is 10.1. The number of halogens is 2. The van der Waals surface area contributed by atoms with Gasteiger partial charge in [-0.1, -0.05) is 6.07 Å². The first-order valence-electron chi connectivity index (χ1n) is 4.00. The van der Waals surface area contributed by atoms with Crippen LogP contribution in [0.2, 0.25) is 0 Å². The summed E-state index contributed by atoms with van der Waals surface area (Å²) < 4.78 is 18.9. The molecule has 0 saturated heterocycles. The van der Waals surface area contributed by atoms with Crippen molar-refractivity contribution in [2.45, 2.75) is 0 Å². The lowest BCUT2D eigenvalue weighted by molar-refractivity contribution is 0.403. The van der Waals surface area contributed by atoms with Gasteiger partial charge >= 0.3 is 0 Å². The summed E-state index contributed by atoms with van der Waals surface area (Å²) in [4.78, 5) is 4.03. The molecule has 0 radical (unpaired) electrons. The molecule has 0 fully saturated rings. The van der Waals surface area contributed by atoms with Crippen LogP contribution in [-0.2, 0) is 0 Å². The highest BCUT2D eigenvalue weighted by atomic mass is 79.9. The van der Waals surface area contributed by atoms with Gasteiger partial charge in [0.1, 0.15) is 5.82 Å². The summed E-state index contributed by atoms with van der Waals surface area (Å²) in [5, 5.41) is 1.56. The molecular formula is C10H7BrFNO. The van der Waals surface area contributed by atoms with E-state index in [1.54, 1.807) is 12.3 Å². The van der Waals surface area contributed by atoms with Crippen molar-refractivity contribution in [3.8, 4) is 5.88 Å². The molecule has 1 aromatic heterocycles. The van der Waals surface area contributed by atoms with E-state index in [1.807, 2.05) is 0 Å². The van der Waals surface area contributed by atoms with Crippen molar-refractivity contribution >= 4 is 26.7 Å². The third-order valence-electron chi connectivity index (χ3n) is 1.96. The molecule has 14 heavy (non-hydrogen) atoms. The molecule has 0 aliphatic rings. The summed E-state index contributed by atoms with van der Waals surface area (Å²) in [7, 11) is 1.51. The maximum atomic E-state index is 13.0. The average Bonchev–Trinajstić information content (AvgIpc) is 2.18. The Balaban J connectivity index is 2.85. The molecule has 72 valence electrons. The second-order valence-corrected chi connectivity index (χ2v) is 3.66. The lowest BCUT2D eigenvalue weighted by Crippen LogP contribution is -1.90. The number of methoxy groups -OCH3 is 1. The quantitative estimate of drug-likeness (QED) is 0.781. The Kier molecular flexibility index (Phi) is 2.37. The van der Waals surface area contributed by atoms with E-state index >= 15 is 0 Å². The number of aromatic nitrogens is 1. The van der Waals surface area contributed by atoms with Crippen LogP contribution >= 0.6 is 15.9 Å². The zero-order valence-electron chi connectivity index (χ0n) is 7.42. The van der Waals surface area contributed by atoms with Crippen molar-refractivity contribution < 1.29 is 9.13 Å². The summed E-state index contributed by atoms with van der Waals surface area (Å²) in [6, 6.07) is 4.51. The van der Waals surface area contributed by atoms with Gasteiger partial charge in [0.05, 0.1) is 7.11 Å². The molecule has 0 N–H and O–H groups in total. The van der Waals surface area contributed by atoms with Crippen LogP contribution in [0.25, 0.3) is 10.8 Å². The highest BCUT2D eigenvalue weighted by molar-refractivity contribution is 9.10. The fourth-order valence-electron chi connectivity index (χ4n) is 1.32. The van der Waals surface area contributed by atoms with Gasteiger partial charge in [0.15, 0.2) is 0 Å². The third-order valence-corrected chi connectivity index (χ3v) is 2.59. The van der Waals surface area contributed by atoms with E-state index in [2.05, 4.69) is 20.9 Å². The highest BCUT2D eigenvalue weighted by Crippen LogP contribution is 2.29.